The molecule has 0 fully saturated rings. The molecule has 0 unspecified atom stereocenters. The van der Waals surface area contributed by atoms with Crippen LogP contribution < -0.4 is 16.4 Å². The zero-order valence-corrected chi connectivity index (χ0v) is 17.7. The van der Waals surface area contributed by atoms with Gasteiger partial charge < -0.3 is 30.6 Å². The van der Waals surface area contributed by atoms with E-state index in [2.05, 4.69) is 10.6 Å². The third-order valence-electron chi connectivity index (χ3n) is 3.54. The summed E-state index contributed by atoms with van der Waals surface area (Å²) < 4.78 is 15.1. The number of hydrogen-bond acceptors (Lipinski definition) is 7. The van der Waals surface area contributed by atoms with Crippen LogP contribution in [0.3, 0.4) is 0 Å². The first kappa shape index (κ1) is 26.3. The van der Waals surface area contributed by atoms with Crippen LogP contribution >= 0.6 is 0 Å². The topological polar surface area (TPSA) is 129 Å². The van der Waals surface area contributed by atoms with Gasteiger partial charge in [0.1, 0.15) is 12.2 Å². The third-order valence-corrected chi connectivity index (χ3v) is 3.54. The van der Waals surface area contributed by atoms with E-state index in [0.717, 1.165) is 12.8 Å². The van der Waals surface area contributed by atoms with Crippen LogP contribution in [0.25, 0.3) is 0 Å². The largest absolute Gasteiger partial charge is 0.460 e. The molecule has 0 heterocycles. The van der Waals surface area contributed by atoms with Crippen LogP contribution in [0.4, 0.5) is 0 Å². The third kappa shape index (κ3) is 16.5. The number of unbranched alkanes of at least 4 members (excludes halogenated alkanes) is 1. The molecule has 0 aliphatic rings. The summed E-state index contributed by atoms with van der Waals surface area (Å²) in [4.78, 5) is 35.0. The maximum atomic E-state index is 11.9. The number of methoxy groups -OCH3 is 1. The van der Waals surface area contributed by atoms with Crippen molar-refractivity contribution in [3.63, 3.8) is 0 Å². The molecule has 164 valence electrons. The Hall–Kier alpha value is -1.71. The number of nitrogens with two attached hydrogens (primary N) is 1. The van der Waals surface area contributed by atoms with Crippen LogP contribution in [-0.2, 0) is 28.6 Å². The molecular weight excluding hydrogens is 366 g/mol. The second kappa shape index (κ2) is 15.2. The average molecular weight is 404 g/mol. The Balaban J connectivity index is 3.66. The lowest BCUT2D eigenvalue weighted by atomic mass is 10.1. The number of nitrogens with one attached hydrogen (secondary N) is 2. The lowest BCUT2D eigenvalue weighted by Gasteiger charge is -2.19. The summed E-state index contributed by atoms with van der Waals surface area (Å²) in [5.74, 6) is -0.694. The quantitative estimate of drug-likeness (QED) is 0.268. The Labute approximate surface area is 168 Å². The second-order valence-corrected chi connectivity index (χ2v) is 7.48. The van der Waals surface area contributed by atoms with Crippen LogP contribution in [0.15, 0.2) is 0 Å². The Morgan fingerprint density at radius 3 is 2.32 bits per heavy atom. The van der Waals surface area contributed by atoms with Crippen LogP contribution in [0.5, 0.6) is 0 Å². The van der Waals surface area contributed by atoms with E-state index in [4.69, 9.17) is 19.9 Å². The predicted molar refractivity (Wildman–Crippen MR) is 106 cm³/mol. The monoisotopic (exact) mass is 403 g/mol. The molecule has 4 N–H and O–H groups in total. The predicted octanol–water partition coefficient (Wildman–Crippen LogP) is 0.501. The maximum absolute atomic E-state index is 11.9. The fraction of sp³-hybridized carbons (Fsp3) is 0.842. The van der Waals surface area contributed by atoms with Crippen molar-refractivity contribution in [1.29, 1.82) is 0 Å². The molecule has 0 aromatic rings. The molecule has 0 spiro atoms. The van der Waals surface area contributed by atoms with Crippen LogP contribution in [0.2, 0.25) is 0 Å². The second-order valence-electron chi connectivity index (χ2n) is 7.48. The summed E-state index contributed by atoms with van der Waals surface area (Å²) in [5, 5.41) is 5.47. The van der Waals surface area contributed by atoms with Gasteiger partial charge in [-0.05, 0) is 46.5 Å². The first-order valence-corrected chi connectivity index (χ1v) is 9.74. The molecule has 0 rings (SSSR count). The minimum Gasteiger partial charge on any atom is -0.460 e. The first-order chi connectivity index (χ1) is 13.2. The summed E-state index contributed by atoms with van der Waals surface area (Å²) in [7, 11) is 1.57. The number of rotatable bonds is 15. The van der Waals surface area contributed by atoms with E-state index in [1.165, 1.54) is 0 Å². The van der Waals surface area contributed by atoms with Gasteiger partial charge in [-0.2, -0.15) is 0 Å². The van der Waals surface area contributed by atoms with Crippen molar-refractivity contribution < 1.29 is 28.6 Å². The van der Waals surface area contributed by atoms with Gasteiger partial charge in [-0.25, -0.2) is 0 Å². The SMILES string of the molecule is COCCOCC(=O)NCCCC[C@H](N)C(=O)NCCCC(=O)OC(C)(C)C. The smallest absolute Gasteiger partial charge is 0.306 e. The van der Waals surface area contributed by atoms with Crippen molar-refractivity contribution >= 4 is 17.8 Å². The highest BCUT2D eigenvalue weighted by Crippen LogP contribution is 2.08. The molecule has 0 radical (unpaired) electrons. The van der Waals surface area contributed by atoms with E-state index in [1.54, 1.807) is 7.11 Å². The zero-order chi connectivity index (χ0) is 21.4. The van der Waals surface area contributed by atoms with Crippen molar-refractivity contribution in [2.24, 2.45) is 5.73 Å². The number of carbonyl (C=O) groups is 3. The van der Waals surface area contributed by atoms with Gasteiger partial charge in [0.05, 0.1) is 19.3 Å². The van der Waals surface area contributed by atoms with Crippen LogP contribution in [0, 0.1) is 0 Å². The fourth-order valence-corrected chi connectivity index (χ4v) is 2.17. The summed E-state index contributed by atoms with van der Waals surface area (Å²) in [6.45, 7) is 7.17. The van der Waals surface area contributed by atoms with E-state index >= 15 is 0 Å². The van der Waals surface area contributed by atoms with Crippen molar-refractivity contribution in [2.75, 3.05) is 40.0 Å². The fourth-order valence-electron chi connectivity index (χ4n) is 2.17. The molecule has 2 amide bonds. The average Bonchev–Trinajstić information content (AvgIpc) is 2.60. The highest BCUT2D eigenvalue weighted by atomic mass is 16.6. The van der Waals surface area contributed by atoms with Crippen LogP contribution in [-0.4, -0.2) is 69.4 Å². The molecule has 9 heteroatoms. The molecule has 0 saturated heterocycles. The molecule has 0 aromatic carbocycles. The van der Waals surface area contributed by atoms with Crippen molar-refractivity contribution in [2.45, 2.75) is 64.5 Å². The van der Waals surface area contributed by atoms with Gasteiger partial charge in [0.15, 0.2) is 0 Å². The van der Waals surface area contributed by atoms with E-state index in [0.29, 0.717) is 39.1 Å². The summed E-state index contributed by atoms with van der Waals surface area (Å²) in [5.41, 5.74) is 5.36. The Morgan fingerprint density at radius 1 is 1.00 bits per heavy atom. The Kier molecular flexibility index (Phi) is 14.3. The number of carbonyl (C=O) groups excluding carboxylic acids is 3. The highest BCUT2D eigenvalue weighted by Gasteiger charge is 2.16. The molecule has 0 bridgehead atoms. The standard InChI is InChI=1S/C19H37N3O6/c1-19(2,3)28-17(24)9-7-11-22-18(25)15(20)8-5-6-10-21-16(23)14-27-13-12-26-4/h15H,5-14,20H2,1-4H3,(H,21,23)(H,22,25)/t15-/m0/s1. The molecule has 9 nitrogen and oxygen atoms in total. The number of ether oxygens (including phenoxy) is 3. The molecule has 0 aromatic heterocycles. The van der Waals surface area contributed by atoms with Crippen LogP contribution in [0.1, 0.15) is 52.9 Å². The molecule has 0 aliphatic heterocycles. The van der Waals surface area contributed by atoms with Gasteiger partial charge in [0.25, 0.3) is 0 Å². The van der Waals surface area contributed by atoms with Gasteiger partial charge >= 0.3 is 5.97 Å². The summed E-state index contributed by atoms with van der Waals surface area (Å²) in [6, 6.07) is -0.602. The summed E-state index contributed by atoms with van der Waals surface area (Å²) >= 11 is 0. The highest BCUT2D eigenvalue weighted by molar-refractivity contribution is 5.81. The molecular formula is C19H37N3O6. The number of esters is 1. The van der Waals surface area contributed by atoms with Crippen molar-refractivity contribution in [1.82, 2.24) is 10.6 Å². The minimum atomic E-state index is -0.602. The van der Waals surface area contributed by atoms with Gasteiger partial charge in [-0.3, -0.25) is 14.4 Å². The molecule has 28 heavy (non-hydrogen) atoms. The van der Waals surface area contributed by atoms with E-state index in [-0.39, 0.29) is 30.8 Å². The van der Waals surface area contributed by atoms with E-state index in [1.807, 2.05) is 20.8 Å². The molecule has 0 saturated carbocycles. The van der Waals surface area contributed by atoms with E-state index < -0.39 is 11.6 Å². The first-order valence-electron chi connectivity index (χ1n) is 9.74. The normalized spacial score (nSPS) is 12.3. The number of hydrogen-bond donors (Lipinski definition) is 3. The summed E-state index contributed by atoms with van der Waals surface area (Å²) in [6.07, 6.45) is 2.73. The maximum Gasteiger partial charge on any atom is 0.306 e. The lowest BCUT2D eigenvalue weighted by Crippen LogP contribution is -2.41. The van der Waals surface area contributed by atoms with Gasteiger partial charge in [0.2, 0.25) is 11.8 Å². The lowest BCUT2D eigenvalue weighted by molar-refractivity contribution is -0.155. The van der Waals surface area contributed by atoms with Gasteiger partial charge in [-0.15, -0.1) is 0 Å². The Morgan fingerprint density at radius 2 is 1.68 bits per heavy atom. The zero-order valence-electron chi connectivity index (χ0n) is 17.7. The molecule has 1 atom stereocenters. The Bertz CT molecular complexity index is 465. The minimum absolute atomic E-state index is 0.00851. The van der Waals surface area contributed by atoms with Crippen molar-refractivity contribution in [3.8, 4) is 0 Å². The van der Waals surface area contributed by atoms with Gasteiger partial charge in [-0.1, -0.05) is 0 Å². The number of amides is 2. The van der Waals surface area contributed by atoms with E-state index in [9.17, 15) is 14.4 Å². The van der Waals surface area contributed by atoms with Crippen molar-refractivity contribution in [3.05, 3.63) is 0 Å². The molecule has 0 aliphatic carbocycles. The van der Waals surface area contributed by atoms with Gasteiger partial charge in [0, 0.05) is 26.6 Å².